The SMILES string of the molecule is Cc1cc(N2CCNC(C)C2)cc(C)c1Br. The first-order valence-electron chi connectivity index (χ1n) is 5.83. The van der Waals surface area contributed by atoms with Crippen molar-refractivity contribution in [2.24, 2.45) is 0 Å². The average molecular weight is 283 g/mol. The van der Waals surface area contributed by atoms with Gasteiger partial charge in [-0.15, -0.1) is 0 Å². The molecule has 88 valence electrons. The third-order valence-electron chi connectivity index (χ3n) is 3.16. The van der Waals surface area contributed by atoms with Gasteiger partial charge in [-0.3, -0.25) is 0 Å². The van der Waals surface area contributed by atoms with Crippen LogP contribution in [0.3, 0.4) is 0 Å². The number of rotatable bonds is 1. The van der Waals surface area contributed by atoms with Crippen molar-refractivity contribution in [3.8, 4) is 0 Å². The Balaban J connectivity index is 2.26. The van der Waals surface area contributed by atoms with Crippen molar-refractivity contribution in [1.82, 2.24) is 5.32 Å². The van der Waals surface area contributed by atoms with E-state index in [2.05, 4.69) is 59.1 Å². The van der Waals surface area contributed by atoms with Crippen LogP contribution in [0, 0.1) is 13.8 Å². The normalized spacial score (nSPS) is 21.2. The van der Waals surface area contributed by atoms with Crippen LogP contribution in [-0.2, 0) is 0 Å². The van der Waals surface area contributed by atoms with E-state index >= 15 is 0 Å². The largest absolute Gasteiger partial charge is 0.369 e. The van der Waals surface area contributed by atoms with Crippen molar-refractivity contribution in [1.29, 1.82) is 0 Å². The number of piperazine rings is 1. The zero-order valence-electron chi connectivity index (χ0n) is 10.2. The Morgan fingerprint density at radius 3 is 2.50 bits per heavy atom. The minimum Gasteiger partial charge on any atom is -0.369 e. The molecule has 1 heterocycles. The van der Waals surface area contributed by atoms with Gasteiger partial charge in [0.25, 0.3) is 0 Å². The molecule has 3 heteroatoms. The first-order chi connectivity index (χ1) is 7.58. The molecule has 16 heavy (non-hydrogen) atoms. The number of hydrogen-bond acceptors (Lipinski definition) is 2. The lowest BCUT2D eigenvalue weighted by molar-refractivity contribution is 0.485. The lowest BCUT2D eigenvalue weighted by atomic mass is 10.1. The molecular weight excluding hydrogens is 264 g/mol. The van der Waals surface area contributed by atoms with E-state index in [1.807, 2.05) is 0 Å². The van der Waals surface area contributed by atoms with Gasteiger partial charge in [-0.2, -0.15) is 0 Å². The summed E-state index contributed by atoms with van der Waals surface area (Å²) in [5.74, 6) is 0. The Morgan fingerprint density at radius 2 is 1.94 bits per heavy atom. The number of anilines is 1. The first kappa shape index (κ1) is 11.9. The van der Waals surface area contributed by atoms with Crippen LogP contribution in [-0.4, -0.2) is 25.7 Å². The molecule has 1 aliphatic heterocycles. The maximum absolute atomic E-state index is 3.62. The molecule has 0 aromatic heterocycles. The molecule has 0 radical (unpaired) electrons. The molecule has 1 atom stereocenters. The summed E-state index contributed by atoms with van der Waals surface area (Å²) < 4.78 is 1.24. The van der Waals surface area contributed by atoms with Gasteiger partial charge < -0.3 is 10.2 Å². The van der Waals surface area contributed by atoms with E-state index in [4.69, 9.17) is 0 Å². The van der Waals surface area contributed by atoms with Gasteiger partial charge >= 0.3 is 0 Å². The second-order valence-electron chi connectivity index (χ2n) is 4.69. The van der Waals surface area contributed by atoms with Gasteiger partial charge in [0.05, 0.1) is 0 Å². The van der Waals surface area contributed by atoms with Gasteiger partial charge in [-0.1, -0.05) is 15.9 Å². The molecule has 1 saturated heterocycles. The van der Waals surface area contributed by atoms with E-state index in [1.54, 1.807) is 0 Å². The predicted molar refractivity (Wildman–Crippen MR) is 73.3 cm³/mol. The van der Waals surface area contributed by atoms with Crippen LogP contribution in [0.1, 0.15) is 18.1 Å². The molecule has 0 bridgehead atoms. The van der Waals surface area contributed by atoms with Crippen molar-refractivity contribution in [2.75, 3.05) is 24.5 Å². The van der Waals surface area contributed by atoms with Crippen molar-refractivity contribution >= 4 is 21.6 Å². The van der Waals surface area contributed by atoms with Gasteiger partial charge in [0, 0.05) is 35.8 Å². The standard InChI is InChI=1S/C13H19BrN2/c1-9-6-12(7-10(2)13(9)14)16-5-4-15-11(3)8-16/h6-7,11,15H,4-5,8H2,1-3H3. The highest BCUT2D eigenvalue weighted by Crippen LogP contribution is 2.27. The molecule has 0 saturated carbocycles. The van der Waals surface area contributed by atoms with Crippen molar-refractivity contribution in [3.63, 3.8) is 0 Å². The van der Waals surface area contributed by atoms with Crippen LogP contribution in [0.5, 0.6) is 0 Å². The van der Waals surface area contributed by atoms with Crippen LogP contribution in [0.4, 0.5) is 5.69 Å². The predicted octanol–water partition coefficient (Wildman–Crippen LogP) is 2.86. The van der Waals surface area contributed by atoms with Gasteiger partial charge in [0.2, 0.25) is 0 Å². The van der Waals surface area contributed by atoms with E-state index < -0.39 is 0 Å². The van der Waals surface area contributed by atoms with E-state index in [-0.39, 0.29) is 0 Å². The molecule has 1 unspecified atom stereocenters. The van der Waals surface area contributed by atoms with Gasteiger partial charge in [0.1, 0.15) is 0 Å². The minimum atomic E-state index is 0.581. The topological polar surface area (TPSA) is 15.3 Å². The Bertz CT molecular complexity index is 367. The van der Waals surface area contributed by atoms with Crippen LogP contribution in [0.25, 0.3) is 0 Å². The second-order valence-corrected chi connectivity index (χ2v) is 5.49. The van der Waals surface area contributed by atoms with Gasteiger partial charge in [-0.05, 0) is 44.0 Å². The lowest BCUT2D eigenvalue weighted by Gasteiger charge is -2.34. The van der Waals surface area contributed by atoms with E-state index in [0.717, 1.165) is 19.6 Å². The molecule has 1 aromatic rings. The van der Waals surface area contributed by atoms with E-state index in [0.29, 0.717) is 6.04 Å². The highest BCUT2D eigenvalue weighted by atomic mass is 79.9. The van der Waals surface area contributed by atoms with Crippen LogP contribution < -0.4 is 10.2 Å². The molecule has 2 rings (SSSR count). The van der Waals surface area contributed by atoms with Gasteiger partial charge in [-0.25, -0.2) is 0 Å². The Morgan fingerprint density at radius 1 is 1.31 bits per heavy atom. The number of benzene rings is 1. The molecule has 1 aliphatic rings. The molecule has 2 nitrogen and oxygen atoms in total. The Kier molecular flexibility index (Phi) is 3.55. The summed E-state index contributed by atoms with van der Waals surface area (Å²) in [5.41, 5.74) is 3.99. The van der Waals surface area contributed by atoms with E-state index in [9.17, 15) is 0 Å². The molecule has 0 amide bonds. The maximum atomic E-state index is 3.62. The molecule has 1 N–H and O–H groups in total. The highest BCUT2D eigenvalue weighted by molar-refractivity contribution is 9.10. The quantitative estimate of drug-likeness (QED) is 0.852. The molecular formula is C13H19BrN2. The lowest BCUT2D eigenvalue weighted by Crippen LogP contribution is -2.49. The summed E-state index contributed by atoms with van der Waals surface area (Å²) in [6.07, 6.45) is 0. The van der Waals surface area contributed by atoms with Crippen LogP contribution in [0.15, 0.2) is 16.6 Å². The fourth-order valence-electron chi connectivity index (χ4n) is 2.27. The third-order valence-corrected chi connectivity index (χ3v) is 4.41. The summed E-state index contributed by atoms with van der Waals surface area (Å²) in [6, 6.07) is 5.13. The monoisotopic (exact) mass is 282 g/mol. The summed E-state index contributed by atoms with van der Waals surface area (Å²) in [5, 5.41) is 3.47. The summed E-state index contributed by atoms with van der Waals surface area (Å²) >= 11 is 3.62. The number of nitrogens with one attached hydrogen (secondary N) is 1. The summed E-state index contributed by atoms with van der Waals surface area (Å²) in [4.78, 5) is 2.47. The fraction of sp³-hybridized carbons (Fsp3) is 0.538. The number of nitrogens with zero attached hydrogens (tertiary/aromatic N) is 1. The van der Waals surface area contributed by atoms with E-state index in [1.165, 1.54) is 21.3 Å². The third kappa shape index (κ3) is 2.41. The van der Waals surface area contributed by atoms with Crippen molar-refractivity contribution in [3.05, 3.63) is 27.7 Å². The second kappa shape index (κ2) is 4.76. The fourth-order valence-corrected chi connectivity index (χ4v) is 2.50. The molecule has 0 spiro atoms. The molecule has 0 aliphatic carbocycles. The zero-order valence-corrected chi connectivity index (χ0v) is 11.8. The molecule has 1 aromatic carbocycles. The number of hydrogen-bond donors (Lipinski definition) is 1. The zero-order chi connectivity index (χ0) is 11.7. The maximum Gasteiger partial charge on any atom is 0.0373 e. The van der Waals surface area contributed by atoms with Crippen LogP contribution in [0.2, 0.25) is 0 Å². The first-order valence-corrected chi connectivity index (χ1v) is 6.62. The highest BCUT2D eigenvalue weighted by Gasteiger charge is 2.16. The Labute approximate surface area is 106 Å². The average Bonchev–Trinajstić information content (AvgIpc) is 2.25. The van der Waals surface area contributed by atoms with Gasteiger partial charge in [0.15, 0.2) is 0 Å². The smallest absolute Gasteiger partial charge is 0.0373 e. The number of halogens is 1. The van der Waals surface area contributed by atoms with Crippen molar-refractivity contribution in [2.45, 2.75) is 26.8 Å². The minimum absolute atomic E-state index is 0.581. The van der Waals surface area contributed by atoms with Crippen molar-refractivity contribution < 1.29 is 0 Å². The molecule has 1 fully saturated rings. The van der Waals surface area contributed by atoms with Crippen LogP contribution >= 0.6 is 15.9 Å². The summed E-state index contributed by atoms with van der Waals surface area (Å²) in [7, 11) is 0. The number of aryl methyl sites for hydroxylation is 2. The Hall–Kier alpha value is -0.540. The summed E-state index contributed by atoms with van der Waals surface area (Å²) in [6.45, 7) is 9.84.